The van der Waals surface area contributed by atoms with Crippen molar-refractivity contribution in [2.24, 2.45) is 0 Å². The first kappa shape index (κ1) is 10.8. The van der Waals surface area contributed by atoms with Gasteiger partial charge in [0.2, 0.25) is 0 Å². The van der Waals surface area contributed by atoms with Crippen molar-refractivity contribution in [2.75, 3.05) is 13.1 Å². The molecular formula is C9H11NO3S2. The van der Waals surface area contributed by atoms with Crippen LogP contribution in [-0.4, -0.2) is 31.6 Å². The van der Waals surface area contributed by atoms with Crippen LogP contribution in [-0.2, 0) is 14.8 Å². The maximum atomic E-state index is 12.0. The summed E-state index contributed by atoms with van der Waals surface area (Å²) in [5.74, 6) is 0.00128. The minimum atomic E-state index is -3.42. The Kier molecular flexibility index (Phi) is 2.90. The van der Waals surface area contributed by atoms with E-state index in [0.717, 1.165) is 0 Å². The van der Waals surface area contributed by atoms with E-state index in [4.69, 9.17) is 0 Å². The molecule has 82 valence electrons. The lowest BCUT2D eigenvalue weighted by Crippen LogP contribution is -2.39. The van der Waals surface area contributed by atoms with Crippen LogP contribution in [0.1, 0.15) is 12.8 Å². The Bertz CT molecular complexity index is 450. The van der Waals surface area contributed by atoms with Crippen molar-refractivity contribution in [3.05, 3.63) is 17.5 Å². The molecule has 2 rings (SSSR count). The zero-order valence-electron chi connectivity index (χ0n) is 8.05. The van der Waals surface area contributed by atoms with Crippen LogP contribution in [0.25, 0.3) is 0 Å². The van der Waals surface area contributed by atoms with Gasteiger partial charge in [0.05, 0.1) is 6.54 Å². The first-order valence-electron chi connectivity index (χ1n) is 4.66. The molecule has 0 saturated carbocycles. The SMILES string of the molecule is O=C1CCCN(S(=O)(=O)c2cccs2)C1. The zero-order chi connectivity index (χ0) is 10.9. The first-order valence-corrected chi connectivity index (χ1v) is 6.98. The minimum Gasteiger partial charge on any atom is -0.298 e. The second-order valence-corrected chi connectivity index (χ2v) is 6.53. The summed E-state index contributed by atoms with van der Waals surface area (Å²) in [5.41, 5.74) is 0. The molecule has 15 heavy (non-hydrogen) atoms. The van der Waals surface area contributed by atoms with Crippen LogP contribution >= 0.6 is 11.3 Å². The third kappa shape index (κ3) is 2.11. The third-order valence-corrected chi connectivity index (χ3v) is 5.52. The Morgan fingerprint density at radius 2 is 2.20 bits per heavy atom. The predicted octanol–water partition coefficient (Wildman–Crippen LogP) is 1.10. The second kappa shape index (κ2) is 4.03. The Labute approximate surface area is 92.6 Å². The fourth-order valence-corrected chi connectivity index (χ4v) is 4.16. The second-order valence-electron chi connectivity index (χ2n) is 3.41. The predicted molar refractivity (Wildman–Crippen MR) is 57.3 cm³/mol. The van der Waals surface area contributed by atoms with E-state index in [2.05, 4.69) is 0 Å². The van der Waals surface area contributed by atoms with E-state index >= 15 is 0 Å². The number of carbonyl (C=O) groups is 1. The van der Waals surface area contributed by atoms with Gasteiger partial charge in [0.15, 0.2) is 0 Å². The number of rotatable bonds is 2. The summed E-state index contributed by atoms with van der Waals surface area (Å²) in [4.78, 5) is 11.2. The van der Waals surface area contributed by atoms with E-state index in [1.165, 1.54) is 15.6 Å². The van der Waals surface area contributed by atoms with Crippen molar-refractivity contribution < 1.29 is 13.2 Å². The molecule has 0 unspecified atom stereocenters. The molecule has 1 fully saturated rings. The lowest BCUT2D eigenvalue weighted by Gasteiger charge is -2.24. The van der Waals surface area contributed by atoms with E-state index in [0.29, 0.717) is 23.6 Å². The van der Waals surface area contributed by atoms with Crippen molar-refractivity contribution in [1.29, 1.82) is 0 Å². The topological polar surface area (TPSA) is 54.5 Å². The molecule has 0 amide bonds. The van der Waals surface area contributed by atoms with Crippen molar-refractivity contribution in [3.63, 3.8) is 0 Å². The lowest BCUT2D eigenvalue weighted by molar-refractivity contribution is -0.120. The fraction of sp³-hybridized carbons (Fsp3) is 0.444. The zero-order valence-corrected chi connectivity index (χ0v) is 9.68. The number of sulfonamides is 1. The number of carbonyl (C=O) groups excluding carboxylic acids is 1. The van der Waals surface area contributed by atoms with Gasteiger partial charge in [0.1, 0.15) is 9.99 Å². The van der Waals surface area contributed by atoms with Gasteiger partial charge >= 0.3 is 0 Å². The molecule has 0 atom stereocenters. The highest BCUT2D eigenvalue weighted by Gasteiger charge is 2.29. The summed E-state index contributed by atoms with van der Waals surface area (Å²) in [6.07, 6.45) is 1.12. The smallest absolute Gasteiger partial charge is 0.252 e. The van der Waals surface area contributed by atoms with Crippen LogP contribution in [0, 0.1) is 0 Å². The molecule has 1 aliphatic rings. The van der Waals surface area contributed by atoms with Gasteiger partial charge in [-0.25, -0.2) is 8.42 Å². The molecule has 0 radical (unpaired) electrons. The number of hydrogen-bond acceptors (Lipinski definition) is 4. The van der Waals surface area contributed by atoms with Crippen molar-refractivity contribution >= 4 is 27.1 Å². The molecule has 1 saturated heterocycles. The molecule has 0 N–H and O–H groups in total. The number of piperidine rings is 1. The maximum Gasteiger partial charge on any atom is 0.252 e. The van der Waals surface area contributed by atoms with Gasteiger partial charge in [0, 0.05) is 13.0 Å². The number of hydrogen-bond donors (Lipinski definition) is 0. The molecule has 0 bridgehead atoms. The summed E-state index contributed by atoms with van der Waals surface area (Å²) < 4.78 is 25.5. The average molecular weight is 245 g/mol. The van der Waals surface area contributed by atoms with Crippen molar-refractivity contribution in [2.45, 2.75) is 17.1 Å². The molecule has 0 aromatic carbocycles. The van der Waals surface area contributed by atoms with Crippen molar-refractivity contribution in [3.8, 4) is 0 Å². The Morgan fingerprint density at radius 3 is 2.80 bits per heavy atom. The van der Waals surface area contributed by atoms with E-state index < -0.39 is 10.0 Å². The summed E-state index contributed by atoms with van der Waals surface area (Å²) >= 11 is 1.18. The molecule has 1 aliphatic heterocycles. The number of ketones is 1. The molecule has 4 nitrogen and oxygen atoms in total. The monoisotopic (exact) mass is 245 g/mol. The Morgan fingerprint density at radius 1 is 1.40 bits per heavy atom. The Balaban J connectivity index is 2.26. The highest BCUT2D eigenvalue weighted by atomic mass is 32.2. The third-order valence-electron chi connectivity index (χ3n) is 2.31. The van der Waals surface area contributed by atoms with Crippen LogP contribution in [0.4, 0.5) is 0 Å². The maximum absolute atomic E-state index is 12.0. The van der Waals surface area contributed by atoms with Crippen LogP contribution in [0.5, 0.6) is 0 Å². The van der Waals surface area contributed by atoms with Crippen LogP contribution in [0.2, 0.25) is 0 Å². The summed E-state index contributed by atoms with van der Waals surface area (Å²) in [6.45, 7) is 0.478. The van der Waals surface area contributed by atoms with Gasteiger partial charge in [-0.2, -0.15) is 4.31 Å². The van der Waals surface area contributed by atoms with E-state index in [-0.39, 0.29) is 12.3 Å². The Hall–Kier alpha value is -0.720. The molecule has 0 aliphatic carbocycles. The molecule has 1 aromatic heterocycles. The molecular weight excluding hydrogens is 234 g/mol. The molecule has 0 spiro atoms. The molecule has 6 heteroatoms. The van der Waals surface area contributed by atoms with Crippen LogP contribution in [0.15, 0.2) is 21.7 Å². The normalized spacial score (nSPS) is 19.3. The van der Waals surface area contributed by atoms with Crippen LogP contribution < -0.4 is 0 Å². The van der Waals surface area contributed by atoms with E-state index in [9.17, 15) is 13.2 Å². The number of nitrogens with zero attached hydrogens (tertiary/aromatic N) is 1. The van der Waals surface area contributed by atoms with Gasteiger partial charge in [-0.15, -0.1) is 11.3 Å². The number of Topliss-reactive ketones (excluding diaryl/α,β-unsaturated/α-hetero) is 1. The van der Waals surface area contributed by atoms with Gasteiger partial charge in [0.25, 0.3) is 10.0 Å². The molecule has 1 aromatic rings. The van der Waals surface area contributed by atoms with Gasteiger partial charge in [-0.1, -0.05) is 6.07 Å². The van der Waals surface area contributed by atoms with Gasteiger partial charge in [-0.05, 0) is 17.9 Å². The average Bonchev–Trinajstić information content (AvgIpc) is 2.71. The first-order chi connectivity index (χ1) is 7.10. The van der Waals surface area contributed by atoms with Crippen molar-refractivity contribution in [1.82, 2.24) is 4.31 Å². The summed E-state index contributed by atoms with van der Waals surface area (Å²) in [7, 11) is -3.42. The minimum absolute atomic E-state index is 0.00128. The van der Waals surface area contributed by atoms with Crippen LogP contribution in [0.3, 0.4) is 0 Å². The van der Waals surface area contributed by atoms with Gasteiger partial charge < -0.3 is 0 Å². The standard InChI is InChI=1S/C9H11NO3S2/c11-8-3-1-5-10(7-8)15(12,13)9-4-2-6-14-9/h2,4,6H,1,3,5,7H2. The largest absolute Gasteiger partial charge is 0.298 e. The van der Waals surface area contributed by atoms with E-state index in [1.54, 1.807) is 17.5 Å². The molecule has 2 heterocycles. The van der Waals surface area contributed by atoms with E-state index in [1.807, 2.05) is 0 Å². The number of thiophene rings is 1. The summed E-state index contributed by atoms with van der Waals surface area (Å²) in [5, 5.41) is 1.72. The lowest BCUT2D eigenvalue weighted by atomic mass is 10.1. The highest BCUT2D eigenvalue weighted by molar-refractivity contribution is 7.91. The fourth-order valence-electron chi connectivity index (χ4n) is 1.55. The highest BCUT2D eigenvalue weighted by Crippen LogP contribution is 2.22. The summed E-state index contributed by atoms with van der Waals surface area (Å²) in [6, 6.07) is 3.27. The van der Waals surface area contributed by atoms with Gasteiger partial charge in [-0.3, -0.25) is 4.79 Å². The quantitative estimate of drug-likeness (QED) is 0.784.